The van der Waals surface area contributed by atoms with E-state index in [2.05, 4.69) is 20.5 Å². The number of thiazole rings is 1. The van der Waals surface area contributed by atoms with Crippen molar-refractivity contribution in [2.45, 2.75) is 31.5 Å². The Labute approximate surface area is 151 Å². The molecule has 0 aliphatic heterocycles. The van der Waals surface area contributed by atoms with E-state index in [9.17, 15) is 4.79 Å². The van der Waals surface area contributed by atoms with E-state index in [-0.39, 0.29) is 17.7 Å². The Morgan fingerprint density at radius 2 is 2.29 bits per heavy atom. The largest absolute Gasteiger partial charge is 0.416 e. The Hall–Kier alpha value is -1.71. The van der Waals surface area contributed by atoms with Crippen LogP contribution in [0.3, 0.4) is 0 Å². The Bertz CT molecular complexity index is 797. The van der Waals surface area contributed by atoms with Crippen LogP contribution >= 0.6 is 34.4 Å². The highest BCUT2D eigenvalue weighted by Gasteiger charge is 2.14. The molecule has 0 saturated heterocycles. The Morgan fingerprint density at radius 3 is 3.00 bits per heavy atom. The van der Waals surface area contributed by atoms with Gasteiger partial charge in [-0.05, 0) is 25.3 Å². The number of aromatic nitrogens is 3. The number of amides is 1. The number of aryl methyl sites for hydroxylation is 1. The molecule has 6 nitrogen and oxygen atoms in total. The summed E-state index contributed by atoms with van der Waals surface area (Å²) >= 11 is 4.45. The smallest absolute Gasteiger partial charge is 0.277 e. The van der Waals surface area contributed by atoms with Crippen LogP contribution in [-0.2, 0) is 11.2 Å². The summed E-state index contributed by atoms with van der Waals surface area (Å²) in [6, 6.07) is 3.98. The minimum absolute atomic E-state index is 0.00394. The van der Waals surface area contributed by atoms with Crippen LogP contribution in [0.4, 0.5) is 0 Å². The number of carbonyl (C=O) groups excluding carboxylic acids is 1. The van der Waals surface area contributed by atoms with Crippen molar-refractivity contribution in [2.24, 2.45) is 0 Å². The molecular weight excluding hydrogens is 364 g/mol. The van der Waals surface area contributed by atoms with Gasteiger partial charge in [0.2, 0.25) is 11.8 Å². The van der Waals surface area contributed by atoms with Gasteiger partial charge < -0.3 is 9.73 Å². The minimum Gasteiger partial charge on any atom is -0.416 e. The monoisotopic (exact) mass is 380 g/mol. The van der Waals surface area contributed by atoms with Crippen LogP contribution in [0, 0.1) is 6.92 Å². The van der Waals surface area contributed by atoms with E-state index < -0.39 is 0 Å². The number of hydrogen-bond donors (Lipinski definition) is 1. The Morgan fingerprint density at radius 1 is 1.42 bits per heavy atom. The molecule has 0 saturated carbocycles. The van der Waals surface area contributed by atoms with Crippen molar-refractivity contribution in [1.29, 1.82) is 0 Å². The van der Waals surface area contributed by atoms with Crippen LogP contribution < -0.4 is 5.32 Å². The standard InChI is InChI=1S/C15H16N4O2S3/c1-9(12-4-3-5-22-12)16-13(20)8-24-15-19-18-14(21-15)6-11-7-23-10(2)17-11/h3-5,7,9H,6,8H2,1-2H3,(H,16,20). The molecule has 0 fully saturated rings. The first-order valence-corrected chi connectivity index (χ1v) is 10.0. The molecule has 9 heteroatoms. The van der Waals surface area contributed by atoms with Crippen LogP contribution in [0.5, 0.6) is 0 Å². The van der Waals surface area contributed by atoms with Crippen LogP contribution in [0.1, 0.15) is 34.4 Å². The maximum Gasteiger partial charge on any atom is 0.277 e. The summed E-state index contributed by atoms with van der Waals surface area (Å²) in [5.41, 5.74) is 0.917. The van der Waals surface area contributed by atoms with Crippen molar-refractivity contribution < 1.29 is 9.21 Å². The molecule has 0 radical (unpaired) electrons. The lowest BCUT2D eigenvalue weighted by Crippen LogP contribution is -2.27. The van der Waals surface area contributed by atoms with Gasteiger partial charge in [0.25, 0.3) is 5.22 Å². The summed E-state index contributed by atoms with van der Waals surface area (Å²) in [4.78, 5) is 17.5. The van der Waals surface area contributed by atoms with E-state index in [1.165, 1.54) is 11.8 Å². The highest BCUT2D eigenvalue weighted by atomic mass is 32.2. The van der Waals surface area contributed by atoms with Gasteiger partial charge in [-0.3, -0.25) is 4.79 Å². The average molecular weight is 381 g/mol. The molecule has 0 aromatic carbocycles. The molecule has 0 spiro atoms. The summed E-state index contributed by atoms with van der Waals surface area (Å²) in [5.74, 6) is 0.693. The van der Waals surface area contributed by atoms with Gasteiger partial charge in [0.1, 0.15) is 0 Å². The van der Waals surface area contributed by atoms with E-state index in [0.717, 1.165) is 15.6 Å². The SMILES string of the molecule is Cc1nc(Cc2nnc(SCC(=O)NC(C)c3cccs3)o2)cs1. The van der Waals surface area contributed by atoms with Gasteiger partial charge in [0, 0.05) is 10.3 Å². The lowest BCUT2D eigenvalue weighted by Gasteiger charge is -2.11. The number of carbonyl (C=O) groups is 1. The Kier molecular flexibility index (Phi) is 5.64. The number of thioether (sulfide) groups is 1. The van der Waals surface area contributed by atoms with Gasteiger partial charge in [-0.25, -0.2) is 4.98 Å². The van der Waals surface area contributed by atoms with E-state index in [1.54, 1.807) is 22.7 Å². The van der Waals surface area contributed by atoms with E-state index in [1.807, 2.05) is 36.7 Å². The molecule has 1 atom stereocenters. The molecule has 0 aliphatic rings. The normalized spacial score (nSPS) is 12.2. The maximum absolute atomic E-state index is 12.0. The van der Waals surface area contributed by atoms with Crippen molar-refractivity contribution >= 4 is 40.3 Å². The summed E-state index contributed by atoms with van der Waals surface area (Å²) in [6.45, 7) is 3.92. The molecule has 3 rings (SSSR count). The summed E-state index contributed by atoms with van der Waals surface area (Å²) in [7, 11) is 0. The molecule has 3 aromatic rings. The van der Waals surface area contributed by atoms with Crippen molar-refractivity contribution in [3.05, 3.63) is 44.4 Å². The zero-order valence-corrected chi connectivity index (χ0v) is 15.6. The van der Waals surface area contributed by atoms with Crippen molar-refractivity contribution in [1.82, 2.24) is 20.5 Å². The molecule has 126 valence electrons. The number of hydrogen-bond acceptors (Lipinski definition) is 8. The molecule has 1 amide bonds. The second kappa shape index (κ2) is 7.91. The number of nitrogens with zero attached hydrogens (tertiary/aromatic N) is 3. The second-order valence-electron chi connectivity index (χ2n) is 5.09. The molecule has 1 unspecified atom stereocenters. The molecule has 3 heterocycles. The van der Waals surface area contributed by atoms with Gasteiger partial charge in [-0.15, -0.1) is 32.9 Å². The third-order valence-electron chi connectivity index (χ3n) is 3.12. The summed E-state index contributed by atoms with van der Waals surface area (Å²) in [5, 5.41) is 16.3. The van der Waals surface area contributed by atoms with E-state index >= 15 is 0 Å². The molecule has 0 bridgehead atoms. The fourth-order valence-electron chi connectivity index (χ4n) is 2.03. The topological polar surface area (TPSA) is 80.9 Å². The highest BCUT2D eigenvalue weighted by molar-refractivity contribution is 7.99. The zero-order valence-electron chi connectivity index (χ0n) is 13.2. The van der Waals surface area contributed by atoms with Crippen LogP contribution in [0.25, 0.3) is 0 Å². The van der Waals surface area contributed by atoms with Gasteiger partial charge in [-0.1, -0.05) is 17.8 Å². The van der Waals surface area contributed by atoms with Crippen LogP contribution in [0.15, 0.2) is 32.5 Å². The van der Waals surface area contributed by atoms with Gasteiger partial charge in [0.05, 0.1) is 28.9 Å². The lowest BCUT2D eigenvalue weighted by atomic mass is 10.3. The zero-order chi connectivity index (χ0) is 16.9. The fraction of sp³-hybridized carbons (Fsp3) is 0.333. The second-order valence-corrected chi connectivity index (χ2v) is 8.06. The molecule has 1 N–H and O–H groups in total. The maximum atomic E-state index is 12.0. The van der Waals surface area contributed by atoms with Crippen molar-refractivity contribution in [2.75, 3.05) is 5.75 Å². The van der Waals surface area contributed by atoms with E-state index in [4.69, 9.17) is 4.42 Å². The van der Waals surface area contributed by atoms with Crippen molar-refractivity contribution in [3.8, 4) is 0 Å². The highest BCUT2D eigenvalue weighted by Crippen LogP contribution is 2.20. The van der Waals surface area contributed by atoms with Gasteiger partial charge in [0.15, 0.2) is 0 Å². The third-order valence-corrected chi connectivity index (χ3v) is 5.82. The van der Waals surface area contributed by atoms with Crippen LogP contribution in [-0.4, -0.2) is 26.8 Å². The predicted octanol–water partition coefficient (Wildman–Crippen LogP) is 3.46. The first-order chi connectivity index (χ1) is 11.6. The first-order valence-electron chi connectivity index (χ1n) is 7.29. The fourth-order valence-corrected chi connectivity index (χ4v) is 3.97. The van der Waals surface area contributed by atoms with Crippen molar-refractivity contribution in [3.63, 3.8) is 0 Å². The average Bonchev–Trinajstić information content (AvgIpc) is 3.28. The van der Waals surface area contributed by atoms with Gasteiger partial charge in [-0.2, -0.15) is 0 Å². The number of nitrogens with one attached hydrogen (secondary N) is 1. The number of thiophene rings is 1. The lowest BCUT2D eigenvalue weighted by molar-refractivity contribution is -0.119. The first kappa shape index (κ1) is 17.1. The third kappa shape index (κ3) is 4.65. The minimum atomic E-state index is -0.0595. The molecule has 0 aliphatic carbocycles. The Balaban J connectivity index is 1.47. The number of rotatable bonds is 7. The van der Waals surface area contributed by atoms with Crippen LogP contribution in [0.2, 0.25) is 0 Å². The molecular formula is C15H16N4O2S3. The molecule has 24 heavy (non-hydrogen) atoms. The molecule has 3 aromatic heterocycles. The summed E-state index contributed by atoms with van der Waals surface area (Å²) < 4.78 is 5.55. The quantitative estimate of drug-likeness (QED) is 0.632. The predicted molar refractivity (Wildman–Crippen MR) is 95.6 cm³/mol. The van der Waals surface area contributed by atoms with E-state index in [0.29, 0.717) is 17.5 Å². The van der Waals surface area contributed by atoms with Gasteiger partial charge >= 0.3 is 0 Å². The summed E-state index contributed by atoms with van der Waals surface area (Å²) in [6.07, 6.45) is 0.513.